The van der Waals surface area contributed by atoms with E-state index < -0.39 is 0 Å². The smallest absolute Gasteiger partial charge is 0.182 e. The molecule has 0 amide bonds. The van der Waals surface area contributed by atoms with Crippen LogP contribution >= 0.6 is 34.2 Å². The quantitative estimate of drug-likeness (QED) is 0.793. The summed E-state index contributed by atoms with van der Waals surface area (Å²) < 4.78 is 1.12. The molecule has 5 heteroatoms. The maximum Gasteiger partial charge on any atom is 0.182 e. The lowest BCUT2D eigenvalue weighted by molar-refractivity contribution is 0.672. The molecule has 0 radical (unpaired) electrons. The lowest BCUT2D eigenvalue weighted by Gasteiger charge is -2.02. The number of H-pyrrole nitrogens is 1. The van der Waals surface area contributed by atoms with Crippen LogP contribution in [-0.4, -0.2) is 15.2 Å². The summed E-state index contributed by atoms with van der Waals surface area (Å²) in [5.41, 5.74) is 1.00. The van der Waals surface area contributed by atoms with Gasteiger partial charge < -0.3 is 0 Å². The van der Waals surface area contributed by atoms with Crippen LogP contribution in [0.5, 0.6) is 0 Å². The molecule has 1 saturated carbocycles. The summed E-state index contributed by atoms with van der Waals surface area (Å²) in [6, 6.07) is 5.80. The third-order valence-electron chi connectivity index (χ3n) is 3.41. The minimum absolute atomic E-state index is 0.558. The molecule has 0 atom stereocenters. The fourth-order valence-corrected chi connectivity index (χ4v) is 3.19. The van der Waals surface area contributed by atoms with Crippen LogP contribution in [0.4, 0.5) is 0 Å². The van der Waals surface area contributed by atoms with Crippen LogP contribution in [0, 0.1) is 3.57 Å². The zero-order valence-corrected chi connectivity index (χ0v) is 12.7. The Morgan fingerprint density at radius 1 is 1.28 bits per heavy atom. The van der Waals surface area contributed by atoms with E-state index in [4.69, 9.17) is 11.6 Å². The zero-order valence-electron chi connectivity index (χ0n) is 9.79. The normalized spacial score (nSPS) is 16.3. The molecule has 0 unspecified atom stereocenters. The van der Waals surface area contributed by atoms with Crippen molar-refractivity contribution in [3.63, 3.8) is 0 Å². The van der Waals surface area contributed by atoms with Crippen LogP contribution in [-0.2, 0) is 0 Å². The summed E-state index contributed by atoms with van der Waals surface area (Å²) in [5.74, 6) is 2.34. The molecule has 1 heterocycles. The van der Waals surface area contributed by atoms with Gasteiger partial charge in [-0.15, -0.1) is 0 Å². The number of benzene rings is 1. The van der Waals surface area contributed by atoms with Crippen molar-refractivity contribution >= 4 is 34.2 Å². The first-order chi connectivity index (χ1) is 8.74. The third kappa shape index (κ3) is 2.40. The molecule has 0 bridgehead atoms. The molecule has 0 aliphatic heterocycles. The first-order valence-electron chi connectivity index (χ1n) is 6.12. The standard InChI is InChI=1S/C13H13ClIN3/c14-9-5-6-11(15)10(7-9)13-16-12(17-18-13)8-3-1-2-4-8/h5-8H,1-4H2,(H,16,17,18). The number of hydrogen-bond acceptors (Lipinski definition) is 2. The predicted octanol–water partition coefficient (Wildman–Crippen LogP) is 4.39. The summed E-state index contributed by atoms with van der Waals surface area (Å²) in [4.78, 5) is 4.63. The number of rotatable bonds is 2. The average molecular weight is 374 g/mol. The van der Waals surface area contributed by atoms with Crippen molar-refractivity contribution in [1.29, 1.82) is 0 Å². The molecule has 0 spiro atoms. The lowest BCUT2D eigenvalue weighted by atomic mass is 10.1. The number of aromatic nitrogens is 3. The minimum atomic E-state index is 0.558. The van der Waals surface area contributed by atoms with E-state index in [2.05, 4.69) is 37.8 Å². The van der Waals surface area contributed by atoms with Gasteiger partial charge in [0.25, 0.3) is 0 Å². The van der Waals surface area contributed by atoms with E-state index in [9.17, 15) is 0 Å². The zero-order chi connectivity index (χ0) is 12.5. The molecule has 1 aliphatic carbocycles. The van der Waals surface area contributed by atoms with Gasteiger partial charge in [0.15, 0.2) is 5.82 Å². The maximum absolute atomic E-state index is 6.03. The van der Waals surface area contributed by atoms with Crippen LogP contribution in [0.2, 0.25) is 5.02 Å². The average Bonchev–Trinajstić information content (AvgIpc) is 3.00. The van der Waals surface area contributed by atoms with Crippen molar-refractivity contribution in [2.75, 3.05) is 0 Å². The van der Waals surface area contributed by atoms with Crippen LogP contribution < -0.4 is 0 Å². The first-order valence-corrected chi connectivity index (χ1v) is 7.57. The monoisotopic (exact) mass is 373 g/mol. The fraction of sp³-hybridized carbons (Fsp3) is 0.385. The van der Waals surface area contributed by atoms with E-state index in [0.29, 0.717) is 5.92 Å². The lowest BCUT2D eigenvalue weighted by Crippen LogP contribution is -1.94. The van der Waals surface area contributed by atoms with Crippen molar-refractivity contribution in [2.24, 2.45) is 0 Å². The van der Waals surface area contributed by atoms with Crippen molar-refractivity contribution < 1.29 is 0 Å². The van der Waals surface area contributed by atoms with Crippen molar-refractivity contribution in [2.45, 2.75) is 31.6 Å². The van der Waals surface area contributed by atoms with Crippen LogP contribution in [0.15, 0.2) is 18.2 Å². The SMILES string of the molecule is Clc1ccc(I)c(-c2n[nH]c(C3CCCC3)n2)c1. The highest BCUT2D eigenvalue weighted by Crippen LogP contribution is 2.33. The van der Waals surface area contributed by atoms with Gasteiger partial charge in [0.1, 0.15) is 5.82 Å². The van der Waals surface area contributed by atoms with Gasteiger partial charge >= 0.3 is 0 Å². The van der Waals surface area contributed by atoms with Gasteiger partial charge in [0.2, 0.25) is 0 Å². The van der Waals surface area contributed by atoms with Gasteiger partial charge in [-0.25, -0.2) is 4.98 Å². The predicted molar refractivity (Wildman–Crippen MR) is 80.8 cm³/mol. The number of nitrogens with zero attached hydrogens (tertiary/aromatic N) is 2. The van der Waals surface area contributed by atoms with E-state index in [1.54, 1.807) is 0 Å². The number of aromatic amines is 1. The summed E-state index contributed by atoms with van der Waals surface area (Å²) in [6.07, 6.45) is 5.05. The maximum atomic E-state index is 6.03. The highest BCUT2D eigenvalue weighted by molar-refractivity contribution is 14.1. The minimum Gasteiger partial charge on any atom is -0.262 e. The Kier molecular flexibility index (Phi) is 3.56. The van der Waals surface area contributed by atoms with Gasteiger partial charge in [-0.2, -0.15) is 5.10 Å². The molecule has 1 aromatic heterocycles. The molecular weight excluding hydrogens is 361 g/mol. The van der Waals surface area contributed by atoms with Crippen molar-refractivity contribution in [3.8, 4) is 11.4 Å². The van der Waals surface area contributed by atoms with Gasteiger partial charge in [0, 0.05) is 20.1 Å². The summed E-state index contributed by atoms with van der Waals surface area (Å²) >= 11 is 8.32. The van der Waals surface area contributed by atoms with Gasteiger partial charge in [-0.3, -0.25) is 5.10 Å². The molecule has 18 heavy (non-hydrogen) atoms. The number of halogens is 2. The molecule has 0 saturated heterocycles. The first kappa shape index (κ1) is 12.4. The second-order valence-electron chi connectivity index (χ2n) is 4.65. The highest BCUT2D eigenvalue weighted by atomic mass is 127. The molecule has 2 aromatic rings. The summed E-state index contributed by atoms with van der Waals surface area (Å²) in [5, 5.41) is 8.14. The molecule has 3 nitrogen and oxygen atoms in total. The molecule has 3 rings (SSSR count). The summed E-state index contributed by atoms with van der Waals surface area (Å²) in [7, 11) is 0. The fourth-order valence-electron chi connectivity index (χ4n) is 2.45. The molecule has 1 aliphatic rings. The second kappa shape index (κ2) is 5.17. The molecule has 1 N–H and O–H groups in total. The van der Waals surface area contributed by atoms with E-state index in [0.717, 1.165) is 25.8 Å². The van der Waals surface area contributed by atoms with E-state index in [-0.39, 0.29) is 0 Å². The molecule has 1 aromatic carbocycles. The van der Waals surface area contributed by atoms with E-state index in [1.165, 1.54) is 25.7 Å². The molecule has 94 valence electrons. The largest absolute Gasteiger partial charge is 0.262 e. The van der Waals surface area contributed by atoms with E-state index in [1.807, 2.05) is 18.2 Å². The summed E-state index contributed by atoms with van der Waals surface area (Å²) in [6.45, 7) is 0. The Balaban J connectivity index is 1.94. The van der Waals surface area contributed by atoms with E-state index >= 15 is 0 Å². The Labute approximate surface area is 124 Å². The Hall–Kier alpha value is -0.620. The van der Waals surface area contributed by atoms with Crippen LogP contribution in [0.25, 0.3) is 11.4 Å². The Morgan fingerprint density at radius 2 is 2.06 bits per heavy atom. The van der Waals surface area contributed by atoms with Gasteiger partial charge in [0.05, 0.1) is 0 Å². The number of hydrogen-bond donors (Lipinski definition) is 1. The molecular formula is C13H13ClIN3. The van der Waals surface area contributed by atoms with Gasteiger partial charge in [-0.05, 0) is 53.6 Å². The number of nitrogens with one attached hydrogen (secondary N) is 1. The third-order valence-corrected chi connectivity index (χ3v) is 4.59. The van der Waals surface area contributed by atoms with Gasteiger partial charge in [-0.1, -0.05) is 24.4 Å². The topological polar surface area (TPSA) is 41.6 Å². The molecule has 1 fully saturated rings. The Morgan fingerprint density at radius 3 is 2.83 bits per heavy atom. The highest BCUT2D eigenvalue weighted by Gasteiger charge is 2.21. The van der Waals surface area contributed by atoms with Crippen molar-refractivity contribution in [1.82, 2.24) is 15.2 Å². The second-order valence-corrected chi connectivity index (χ2v) is 6.25. The van der Waals surface area contributed by atoms with Crippen LogP contribution in [0.3, 0.4) is 0 Å². The van der Waals surface area contributed by atoms with Crippen molar-refractivity contribution in [3.05, 3.63) is 32.6 Å². The Bertz CT molecular complexity index is 561. The van der Waals surface area contributed by atoms with Crippen LogP contribution in [0.1, 0.15) is 37.4 Å².